The predicted molar refractivity (Wildman–Crippen MR) is 114 cm³/mol. The van der Waals surface area contributed by atoms with Crippen LogP contribution in [0.1, 0.15) is 11.1 Å². The molecule has 1 atom stereocenters. The van der Waals surface area contributed by atoms with Crippen LogP contribution in [0.5, 0.6) is 5.75 Å². The lowest BCUT2D eigenvalue weighted by atomic mass is 10.1. The van der Waals surface area contributed by atoms with Crippen LogP contribution in [0.15, 0.2) is 66.3 Å². The number of aryl methyl sites for hydroxylation is 2. The zero-order valence-electron chi connectivity index (χ0n) is 16.2. The highest BCUT2D eigenvalue weighted by atomic mass is 32.2. The van der Waals surface area contributed by atoms with Crippen LogP contribution in [-0.2, 0) is 6.54 Å². The lowest BCUT2D eigenvalue weighted by Crippen LogP contribution is -2.20. The van der Waals surface area contributed by atoms with Gasteiger partial charge >= 0.3 is 0 Å². The molecule has 5 nitrogen and oxygen atoms in total. The maximum atomic E-state index is 10.3. The van der Waals surface area contributed by atoms with Crippen LogP contribution < -0.4 is 4.74 Å². The topological polar surface area (TPSA) is 60.2 Å². The summed E-state index contributed by atoms with van der Waals surface area (Å²) in [4.78, 5) is 0. The molecule has 0 unspecified atom stereocenters. The Morgan fingerprint density at radius 2 is 1.86 bits per heavy atom. The molecule has 0 saturated heterocycles. The van der Waals surface area contributed by atoms with Crippen LogP contribution in [0.2, 0.25) is 0 Å². The van der Waals surface area contributed by atoms with Gasteiger partial charge in [-0.25, -0.2) is 0 Å². The molecule has 0 saturated carbocycles. The van der Waals surface area contributed by atoms with Crippen molar-refractivity contribution in [3.63, 3.8) is 0 Å². The van der Waals surface area contributed by atoms with Crippen molar-refractivity contribution in [3.05, 3.63) is 72.3 Å². The molecule has 1 heterocycles. The molecule has 0 aliphatic carbocycles. The Morgan fingerprint density at radius 1 is 1.14 bits per heavy atom. The van der Waals surface area contributed by atoms with Crippen LogP contribution in [0.25, 0.3) is 11.4 Å². The number of rotatable bonds is 9. The lowest BCUT2D eigenvalue weighted by Gasteiger charge is -2.13. The number of benzene rings is 2. The van der Waals surface area contributed by atoms with Gasteiger partial charge in [-0.15, -0.1) is 16.8 Å². The number of aliphatic hydroxyl groups excluding tert-OH is 1. The summed E-state index contributed by atoms with van der Waals surface area (Å²) in [5.74, 6) is 2.04. The molecule has 2 aromatic carbocycles. The summed E-state index contributed by atoms with van der Waals surface area (Å²) in [5, 5.41) is 19.7. The fourth-order valence-electron chi connectivity index (χ4n) is 2.92. The molecular formula is C22H25N3O2S. The quantitative estimate of drug-likeness (QED) is 0.433. The summed E-state index contributed by atoms with van der Waals surface area (Å²) < 4.78 is 7.75. The second-order valence-corrected chi connectivity index (χ2v) is 7.66. The zero-order valence-corrected chi connectivity index (χ0v) is 17.0. The molecule has 3 rings (SSSR count). The van der Waals surface area contributed by atoms with Gasteiger partial charge in [0.2, 0.25) is 0 Å². The average Bonchev–Trinajstić information content (AvgIpc) is 3.08. The second kappa shape index (κ2) is 9.57. The number of aromatic nitrogens is 3. The van der Waals surface area contributed by atoms with Crippen LogP contribution in [0.3, 0.4) is 0 Å². The van der Waals surface area contributed by atoms with E-state index in [1.165, 1.54) is 11.8 Å². The van der Waals surface area contributed by atoms with Gasteiger partial charge in [0.1, 0.15) is 12.4 Å². The van der Waals surface area contributed by atoms with Crippen molar-refractivity contribution in [1.29, 1.82) is 0 Å². The van der Waals surface area contributed by atoms with Gasteiger partial charge in [0, 0.05) is 17.9 Å². The Bertz CT molecular complexity index is 905. The fraction of sp³-hybridized carbons (Fsp3) is 0.273. The highest BCUT2D eigenvalue weighted by molar-refractivity contribution is 7.99. The molecule has 0 spiro atoms. The summed E-state index contributed by atoms with van der Waals surface area (Å²) in [6.07, 6.45) is 1.21. The first kappa shape index (κ1) is 20.2. The Labute approximate surface area is 170 Å². The van der Waals surface area contributed by atoms with Crippen LogP contribution in [0.4, 0.5) is 0 Å². The van der Waals surface area contributed by atoms with Gasteiger partial charge in [-0.1, -0.05) is 54.2 Å². The van der Waals surface area contributed by atoms with E-state index in [2.05, 4.69) is 22.8 Å². The van der Waals surface area contributed by atoms with Crippen molar-refractivity contribution in [1.82, 2.24) is 14.8 Å². The Hall–Kier alpha value is -2.57. The number of nitrogens with zero attached hydrogens (tertiary/aromatic N) is 3. The van der Waals surface area contributed by atoms with Crippen molar-refractivity contribution in [2.45, 2.75) is 31.7 Å². The summed E-state index contributed by atoms with van der Waals surface area (Å²) in [5.41, 5.74) is 3.29. The van der Waals surface area contributed by atoms with Crippen molar-refractivity contribution < 1.29 is 9.84 Å². The maximum Gasteiger partial charge on any atom is 0.191 e. The fourth-order valence-corrected chi connectivity index (χ4v) is 3.77. The third-order valence-corrected chi connectivity index (χ3v) is 5.21. The monoisotopic (exact) mass is 395 g/mol. The van der Waals surface area contributed by atoms with E-state index in [4.69, 9.17) is 4.74 Å². The van der Waals surface area contributed by atoms with Gasteiger partial charge in [0.25, 0.3) is 0 Å². The van der Waals surface area contributed by atoms with Crippen molar-refractivity contribution in [2.24, 2.45) is 0 Å². The molecule has 0 amide bonds. The predicted octanol–water partition coefficient (Wildman–Crippen LogP) is 4.28. The molecule has 3 aromatic rings. The summed E-state index contributed by atoms with van der Waals surface area (Å²) in [6, 6.07) is 16.0. The van der Waals surface area contributed by atoms with E-state index in [9.17, 15) is 5.11 Å². The van der Waals surface area contributed by atoms with E-state index in [-0.39, 0.29) is 6.61 Å². The number of hydrogen-bond donors (Lipinski definition) is 1. The first-order chi connectivity index (χ1) is 13.6. The molecule has 6 heteroatoms. The van der Waals surface area contributed by atoms with Gasteiger partial charge in [-0.05, 0) is 37.1 Å². The SMILES string of the molecule is C=CCn1c(SC[C@H](O)COc2cc(C)cc(C)c2)nnc1-c1ccccc1. The average molecular weight is 396 g/mol. The van der Waals surface area contributed by atoms with Crippen molar-refractivity contribution in [2.75, 3.05) is 12.4 Å². The van der Waals surface area contributed by atoms with Crippen molar-refractivity contribution >= 4 is 11.8 Å². The summed E-state index contributed by atoms with van der Waals surface area (Å²) >= 11 is 1.46. The van der Waals surface area contributed by atoms with Crippen molar-refractivity contribution in [3.8, 4) is 17.1 Å². The minimum atomic E-state index is -0.611. The molecule has 28 heavy (non-hydrogen) atoms. The molecular weight excluding hydrogens is 370 g/mol. The largest absolute Gasteiger partial charge is 0.491 e. The number of hydrogen-bond acceptors (Lipinski definition) is 5. The minimum absolute atomic E-state index is 0.233. The first-order valence-electron chi connectivity index (χ1n) is 9.18. The molecule has 0 radical (unpaired) electrons. The van der Waals surface area contributed by atoms with E-state index in [1.54, 1.807) is 0 Å². The van der Waals surface area contributed by atoms with Crippen LogP contribution in [0, 0.1) is 13.8 Å². The lowest BCUT2D eigenvalue weighted by molar-refractivity contribution is 0.126. The first-order valence-corrected chi connectivity index (χ1v) is 10.2. The molecule has 0 aliphatic rings. The third kappa shape index (κ3) is 5.24. The molecule has 0 bridgehead atoms. The summed E-state index contributed by atoms with van der Waals surface area (Å²) in [6.45, 7) is 8.73. The van der Waals surface area contributed by atoms with Crippen LogP contribution >= 0.6 is 11.8 Å². The van der Waals surface area contributed by atoms with E-state index in [1.807, 2.05) is 67.0 Å². The van der Waals surface area contributed by atoms with Crippen LogP contribution in [-0.4, -0.2) is 38.3 Å². The normalized spacial score (nSPS) is 12.0. The third-order valence-electron chi connectivity index (χ3n) is 4.10. The van der Waals surface area contributed by atoms with E-state index in [0.717, 1.165) is 33.4 Å². The van der Waals surface area contributed by atoms with Gasteiger partial charge < -0.3 is 9.84 Å². The molecule has 0 aliphatic heterocycles. The van der Waals surface area contributed by atoms with E-state index < -0.39 is 6.10 Å². The minimum Gasteiger partial charge on any atom is -0.491 e. The molecule has 146 valence electrons. The molecule has 0 fully saturated rings. The number of thioether (sulfide) groups is 1. The highest BCUT2D eigenvalue weighted by Crippen LogP contribution is 2.24. The van der Waals surface area contributed by atoms with Gasteiger partial charge in [-0.3, -0.25) is 4.57 Å². The van der Waals surface area contributed by atoms with Gasteiger partial charge in [-0.2, -0.15) is 0 Å². The smallest absolute Gasteiger partial charge is 0.191 e. The number of ether oxygens (including phenoxy) is 1. The number of allylic oxidation sites excluding steroid dienone is 1. The standard InChI is InChI=1S/C22H25N3O2S/c1-4-10-25-21(18-8-6-5-7-9-18)23-24-22(25)28-15-19(26)14-27-20-12-16(2)11-17(3)13-20/h4-9,11-13,19,26H,1,10,14-15H2,2-3H3/t19-/m1/s1. The maximum absolute atomic E-state index is 10.3. The Kier molecular flexibility index (Phi) is 6.90. The highest BCUT2D eigenvalue weighted by Gasteiger charge is 2.15. The molecule has 1 aromatic heterocycles. The van der Waals surface area contributed by atoms with E-state index in [0.29, 0.717) is 12.3 Å². The Balaban J connectivity index is 1.62. The number of aliphatic hydroxyl groups is 1. The zero-order chi connectivity index (χ0) is 19.9. The van der Waals surface area contributed by atoms with Gasteiger partial charge in [0.15, 0.2) is 11.0 Å². The molecule has 1 N–H and O–H groups in total. The van der Waals surface area contributed by atoms with Gasteiger partial charge in [0.05, 0.1) is 6.10 Å². The Morgan fingerprint density at radius 3 is 2.54 bits per heavy atom. The van der Waals surface area contributed by atoms with E-state index >= 15 is 0 Å². The summed E-state index contributed by atoms with van der Waals surface area (Å²) in [7, 11) is 0. The second-order valence-electron chi connectivity index (χ2n) is 6.67.